The van der Waals surface area contributed by atoms with Crippen LogP contribution < -0.4 is 5.32 Å². The number of hydrogen-bond donors (Lipinski definition) is 1. The molecule has 1 saturated heterocycles. The van der Waals surface area contributed by atoms with Crippen LogP contribution in [0.4, 0.5) is 10.1 Å². The fourth-order valence-electron chi connectivity index (χ4n) is 2.24. The van der Waals surface area contributed by atoms with E-state index in [1.807, 2.05) is 0 Å². The standard InChI is InChI=1S/C13H18BrFN2/c1-9-7-11(5-6-17(9)2)16-10-3-4-13(15)12(14)8-10/h3-4,8-9,11,16H,5-7H2,1-2H3. The van der Waals surface area contributed by atoms with Crippen LogP contribution in [-0.4, -0.2) is 30.6 Å². The monoisotopic (exact) mass is 300 g/mol. The predicted molar refractivity (Wildman–Crippen MR) is 72.8 cm³/mol. The summed E-state index contributed by atoms with van der Waals surface area (Å²) in [7, 11) is 2.16. The number of nitrogens with zero attached hydrogens (tertiary/aromatic N) is 1. The smallest absolute Gasteiger partial charge is 0.137 e. The molecule has 0 spiro atoms. The summed E-state index contributed by atoms with van der Waals surface area (Å²) in [6.45, 7) is 3.36. The summed E-state index contributed by atoms with van der Waals surface area (Å²) < 4.78 is 13.6. The van der Waals surface area contributed by atoms with Crippen LogP contribution in [0, 0.1) is 5.82 Å². The van der Waals surface area contributed by atoms with Gasteiger partial charge in [0.2, 0.25) is 0 Å². The summed E-state index contributed by atoms with van der Waals surface area (Å²) >= 11 is 3.21. The topological polar surface area (TPSA) is 15.3 Å². The predicted octanol–water partition coefficient (Wildman–Crippen LogP) is 3.48. The maximum Gasteiger partial charge on any atom is 0.137 e. The molecule has 1 heterocycles. The van der Waals surface area contributed by atoms with Gasteiger partial charge in [-0.1, -0.05) is 0 Å². The Bertz CT molecular complexity index is 397. The van der Waals surface area contributed by atoms with Gasteiger partial charge in [0, 0.05) is 24.3 Å². The number of likely N-dealkylation sites (tertiary alicyclic amines) is 1. The molecule has 0 saturated carbocycles. The number of anilines is 1. The van der Waals surface area contributed by atoms with E-state index in [1.165, 1.54) is 6.07 Å². The molecule has 94 valence electrons. The van der Waals surface area contributed by atoms with Gasteiger partial charge in [-0.3, -0.25) is 0 Å². The van der Waals surface area contributed by atoms with Crippen LogP contribution in [0.25, 0.3) is 0 Å². The van der Waals surface area contributed by atoms with E-state index < -0.39 is 0 Å². The number of benzene rings is 1. The lowest BCUT2D eigenvalue weighted by Gasteiger charge is -2.35. The zero-order valence-electron chi connectivity index (χ0n) is 10.2. The van der Waals surface area contributed by atoms with Crippen molar-refractivity contribution in [3.05, 3.63) is 28.5 Å². The lowest BCUT2D eigenvalue weighted by atomic mass is 9.99. The highest BCUT2D eigenvalue weighted by Gasteiger charge is 2.22. The Kier molecular flexibility index (Phi) is 4.05. The van der Waals surface area contributed by atoms with Crippen LogP contribution in [0.5, 0.6) is 0 Å². The van der Waals surface area contributed by atoms with Gasteiger partial charge in [0.25, 0.3) is 0 Å². The molecular formula is C13H18BrFN2. The van der Waals surface area contributed by atoms with Crippen molar-refractivity contribution in [3.63, 3.8) is 0 Å². The van der Waals surface area contributed by atoms with Gasteiger partial charge < -0.3 is 10.2 Å². The first-order valence-corrected chi connectivity index (χ1v) is 6.77. The van der Waals surface area contributed by atoms with Crippen LogP contribution in [0.2, 0.25) is 0 Å². The van der Waals surface area contributed by atoms with Crippen molar-refractivity contribution in [2.75, 3.05) is 18.9 Å². The number of rotatable bonds is 2. The third-order valence-electron chi connectivity index (χ3n) is 3.50. The molecule has 0 aliphatic carbocycles. The molecule has 2 nitrogen and oxygen atoms in total. The minimum absolute atomic E-state index is 0.215. The van der Waals surface area contributed by atoms with Crippen molar-refractivity contribution >= 4 is 21.6 Å². The number of hydrogen-bond acceptors (Lipinski definition) is 2. The molecular weight excluding hydrogens is 283 g/mol. The number of piperidine rings is 1. The largest absolute Gasteiger partial charge is 0.382 e. The molecule has 2 unspecified atom stereocenters. The molecule has 1 N–H and O–H groups in total. The van der Waals surface area contributed by atoms with Gasteiger partial charge in [-0.25, -0.2) is 4.39 Å². The summed E-state index contributed by atoms with van der Waals surface area (Å²) in [4.78, 5) is 2.37. The Balaban J connectivity index is 1.99. The highest BCUT2D eigenvalue weighted by molar-refractivity contribution is 9.10. The Morgan fingerprint density at radius 1 is 1.47 bits per heavy atom. The minimum Gasteiger partial charge on any atom is -0.382 e. The van der Waals surface area contributed by atoms with E-state index in [4.69, 9.17) is 0 Å². The normalized spacial score (nSPS) is 25.9. The highest BCUT2D eigenvalue weighted by Crippen LogP contribution is 2.23. The molecule has 1 aliphatic rings. The van der Waals surface area contributed by atoms with Gasteiger partial charge in [0.05, 0.1) is 4.47 Å². The first-order chi connectivity index (χ1) is 8.06. The van der Waals surface area contributed by atoms with Crippen LogP contribution in [0.15, 0.2) is 22.7 Å². The van der Waals surface area contributed by atoms with Gasteiger partial charge in [0.1, 0.15) is 5.82 Å². The van der Waals surface area contributed by atoms with E-state index >= 15 is 0 Å². The summed E-state index contributed by atoms with van der Waals surface area (Å²) in [6.07, 6.45) is 2.27. The molecule has 0 radical (unpaired) electrons. The third-order valence-corrected chi connectivity index (χ3v) is 4.11. The average Bonchev–Trinajstić information content (AvgIpc) is 2.29. The van der Waals surface area contributed by atoms with Crippen LogP contribution >= 0.6 is 15.9 Å². The van der Waals surface area contributed by atoms with Crippen LogP contribution in [-0.2, 0) is 0 Å². The second-order valence-corrected chi connectivity index (χ2v) is 5.68. The van der Waals surface area contributed by atoms with Crippen LogP contribution in [0.3, 0.4) is 0 Å². The quantitative estimate of drug-likeness (QED) is 0.899. The van der Waals surface area contributed by atoms with Gasteiger partial charge >= 0.3 is 0 Å². The van der Waals surface area contributed by atoms with E-state index in [0.29, 0.717) is 16.6 Å². The van der Waals surface area contributed by atoms with E-state index in [0.717, 1.165) is 25.1 Å². The van der Waals surface area contributed by atoms with Gasteiger partial charge in [-0.15, -0.1) is 0 Å². The van der Waals surface area contributed by atoms with Gasteiger partial charge in [-0.05, 0) is 60.9 Å². The molecule has 1 aliphatic heterocycles. The second-order valence-electron chi connectivity index (χ2n) is 4.82. The fraction of sp³-hybridized carbons (Fsp3) is 0.538. The van der Waals surface area contributed by atoms with Crippen molar-refractivity contribution in [1.82, 2.24) is 4.90 Å². The van der Waals surface area contributed by atoms with Crippen molar-refractivity contribution in [2.45, 2.75) is 31.8 Å². The summed E-state index contributed by atoms with van der Waals surface area (Å²) in [5, 5.41) is 3.48. The molecule has 17 heavy (non-hydrogen) atoms. The maximum atomic E-state index is 13.1. The SMILES string of the molecule is CC1CC(Nc2ccc(F)c(Br)c2)CCN1C. The molecule has 1 aromatic carbocycles. The van der Waals surface area contributed by atoms with E-state index in [1.54, 1.807) is 12.1 Å². The third kappa shape index (κ3) is 3.19. The van der Waals surface area contributed by atoms with Crippen LogP contribution in [0.1, 0.15) is 19.8 Å². The fourth-order valence-corrected chi connectivity index (χ4v) is 2.62. The molecule has 2 rings (SSSR count). The zero-order valence-corrected chi connectivity index (χ0v) is 11.8. The maximum absolute atomic E-state index is 13.1. The van der Waals surface area contributed by atoms with E-state index in [9.17, 15) is 4.39 Å². The Hall–Kier alpha value is -0.610. The number of nitrogens with one attached hydrogen (secondary N) is 1. The minimum atomic E-state index is -0.215. The van der Waals surface area contributed by atoms with Crippen molar-refractivity contribution in [3.8, 4) is 0 Å². The summed E-state index contributed by atoms with van der Waals surface area (Å²) in [5.41, 5.74) is 0.986. The molecule has 0 amide bonds. The Morgan fingerprint density at radius 2 is 2.24 bits per heavy atom. The van der Waals surface area contributed by atoms with E-state index in [-0.39, 0.29) is 5.82 Å². The average molecular weight is 301 g/mol. The molecule has 0 aromatic heterocycles. The van der Waals surface area contributed by atoms with Gasteiger partial charge in [0.15, 0.2) is 0 Å². The molecule has 1 aromatic rings. The first kappa shape index (κ1) is 12.8. The Labute approximate surface area is 110 Å². The van der Waals surface area contributed by atoms with Crippen molar-refractivity contribution < 1.29 is 4.39 Å². The molecule has 1 fully saturated rings. The summed E-state index contributed by atoms with van der Waals surface area (Å²) in [5.74, 6) is -0.215. The molecule has 4 heteroatoms. The molecule has 0 bridgehead atoms. The summed E-state index contributed by atoms with van der Waals surface area (Å²) in [6, 6.07) is 6.18. The van der Waals surface area contributed by atoms with Crippen molar-refractivity contribution in [2.24, 2.45) is 0 Å². The zero-order chi connectivity index (χ0) is 12.4. The highest BCUT2D eigenvalue weighted by atomic mass is 79.9. The first-order valence-electron chi connectivity index (χ1n) is 5.98. The number of halogens is 2. The molecule has 2 atom stereocenters. The van der Waals surface area contributed by atoms with Crippen molar-refractivity contribution in [1.29, 1.82) is 0 Å². The van der Waals surface area contributed by atoms with Gasteiger partial charge in [-0.2, -0.15) is 0 Å². The Morgan fingerprint density at radius 3 is 2.88 bits per heavy atom. The second kappa shape index (κ2) is 5.36. The van der Waals surface area contributed by atoms with E-state index in [2.05, 4.69) is 40.1 Å². The lowest BCUT2D eigenvalue weighted by Crippen LogP contribution is -2.42. The lowest BCUT2D eigenvalue weighted by molar-refractivity contribution is 0.190.